The highest BCUT2D eigenvalue weighted by Crippen LogP contribution is 2.22. The van der Waals surface area contributed by atoms with Crippen LogP contribution < -0.4 is 0 Å². The van der Waals surface area contributed by atoms with Crippen LogP contribution in [0.4, 0.5) is 4.39 Å². The van der Waals surface area contributed by atoms with Crippen LogP contribution in [0.2, 0.25) is 0 Å². The number of alkyl halides is 1. The molecule has 1 unspecified atom stereocenters. The Labute approximate surface area is 123 Å². The summed E-state index contributed by atoms with van der Waals surface area (Å²) in [5, 5.41) is 0. The van der Waals surface area contributed by atoms with Gasteiger partial charge in [-0.15, -0.1) is 11.6 Å². The molecule has 0 amide bonds. The first-order chi connectivity index (χ1) is 9.45. The normalized spacial score (nSPS) is 19.7. The van der Waals surface area contributed by atoms with Gasteiger partial charge in [0.2, 0.25) is 10.0 Å². The molecule has 2 rings (SSSR count). The summed E-state index contributed by atoms with van der Waals surface area (Å²) in [5.74, 6) is -0.629. The number of sulfonamides is 1. The predicted molar refractivity (Wildman–Crippen MR) is 74.7 cm³/mol. The van der Waals surface area contributed by atoms with Crippen molar-refractivity contribution in [2.24, 2.45) is 0 Å². The van der Waals surface area contributed by atoms with E-state index in [0.29, 0.717) is 12.2 Å². The molecule has 0 saturated carbocycles. The summed E-state index contributed by atoms with van der Waals surface area (Å²) < 4.78 is 45.1. The topological polar surface area (TPSA) is 46.6 Å². The molecule has 20 heavy (non-hydrogen) atoms. The summed E-state index contributed by atoms with van der Waals surface area (Å²) in [4.78, 5) is -0.337. The monoisotopic (exact) mass is 321 g/mol. The Morgan fingerprint density at radius 2 is 2.25 bits per heavy atom. The van der Waals surface area contributed by atoms with Gasteiger partial charge in [0.1, 0.15) is 10.7 Å². The van der Waals surface area contributed by atoms with Crippen molar-refractivity contribution in [2.45, 2.75) is 29.7 Å². The van der Waals surface area contributed by atoms with Crippen LogP contribution in [0.25, 0.3) is 0 Å². The van der Waals surface area contributed by atoms with Crippen LogP contribution in [0.5, 0.6) is 0 Å². The fourth-order valence-electron chi connectivity index (χ4n) is 2.17. The highest BCUT2D eigenvalue weighted by Gasteiger charge is 2.28. The third-order valence-electron chi connectivity index (χ3n) is 3.32. The Hall–Kier alpha value is -0.690. The first kappa shape index (κ1) is 15.7. The van der Waals surface area contributed by atoms with Gasteiger partial charge in [0, 0.05) is 26.1 Å². The van der Waals surface area contributed by atoms with Crippen molar-refractivity contribution in [3.63, 3.8) is 0 Å². The number of rotatable bonds is 5. The van der Waals surface area contributed by atoms with Crippen molar-refractivity contribution in [2.75, 3.05) is 20.2 Å². The van der Waals surface area contributed by atoms with Gasteiger partial charge in [-0.2, -0.15) is 4.31 Å². The molecule has 0 bridgehead atoms. The van der Waals surface area contributed by atoms with E-state index in [-0.39, 0.29) is 23.4 Å². The molecule has 0 N–H and O–H groups in total. The minimum Gasteiger partial charge on any atom is -0.377 e. The summed E-state index contributed by atoms with van der Waals surface area (Å²) in [6, 6.07) is 3.88. The van der Waals surface area contributed by atoms with Crippen molar-refractivity contribution < 1.29 is 17.5 Å². The molecule has 0 spiro atoms. The fourth-order valence-corrected chi connectivity index (χ4v) is 3.65. The zero-order valence-corrected chi connectivity index (χ0v) is 12.8. The van der Waals surface area contributed by atoms with Gasteiger partial charge in [-0.3, -0.25) is 0 Å². The SMILES string of the molecule is CN(CC1CCCO1)S(=O)(=O)c1cc(CCl)ccc1F. The summed E-state index contributed by atoms with van der Waals surface area (Å²) in [6.45, 7) is 0.877. The van der Waals surface area contributed by atoms with E-state index in [0.717, 1.165) is 23.2 Å². The highest BCUT2D eigenvalue weighted by atomic mass is 35.5. The van der Waals surface area contributed by atoms with E-state index in [4.69, 9.17) is 16.3 Å². The second kappa shape index (κ2) is 6.39. The molecule has 1 aliphatic heterocycles. The van der Waals surface area contributed by atoms with Crippen molar-refractivity contribution >= 4 is 21.6 Å². The lowest BCUT2D eigenvalue weighted by Crippen LogP contribution is -2.34. The zero-order chi connectivity index (χ0) is 14.8. The van der Waals surface area contributed by atoms with Gasteiger partial charge in [0.05, 0.1) is 6.10 Å². The van der Waals surface area contributed by atoms with E-state index >= 15 is 0 Å². The summed E-state index contributed by atoms with van der Waals surface area (Å²) >= 11 is 5.67. The van der Waals surface area contributed by atoms with E-state index in [1.54, 1.807) is 0 Å². The lowest BCUT2D eigenvalue weighted by atomic mass is 10.2. The fraction of sp³-hybridized carbons (Fsp3) is 0.538. The van der Waals surface area contributed by atoms with Crippen LogP contribution in [0.3, 0.4) is 0 Å². The molecule has 112 valence electrons. The molecule has 1 aromatic carbocycles. The molecule has 1 atom stereocenters. The summed E-state index contributed by atoms with van der Waals surface area (Å²) in [7, 11) is -2.44. The van der Waals surface area contributed by atoms with Crippen LogP contribution in [-0.2, 0) is 20.6 Å². The van der Waals surface area contributed by atoms with Crippen molar-refractivity contribution in [1.82, 2.24) is 4.31 Å². The Morgan fingerprint density at radius 3 is 2.85 bits per heavy atom. The molecule has 4 nitrogen and oxygen atoms in total. The molecule has 0 radical (unpaired) electrons. The van der Waals surface area contributed by atoms with Gasteiger partial charge in [0.25, 0.3) is 0 Å². The molecular weight excluding hydrogens is 305 g/mol. The number of ether oxygens (including phenoxy) is 1. The Morgan fingerprint density at radius 1 is 1.50 bits per heavy atom. The lowest BCUT2D eigenvalue weighted by molar-refractivity contribution is 0.0978. The molecule has 1 aromatic rings. The summed E-state index contributed by atoms with van der Waals surface area (Å²) in [6.07, 6.45) is 1.63. The standard InChI is InChI=1S/C13H17ClFNO3S/c1-16(9-11-3-2-6-19-11)20(17,18)13-7-10(8-14)4-5-12(13)15/h4-5,7,11H,2-3,6,8-9H2,1H3. The summed E-state index contributed by atoms with van der Waals surface area (Å²) in [5.41, 5.74) is 0.567. The second-order valence-electron chi connectivity index (χ2n) is 4.82. The first-order valence-electron chi connectivity index (χ1n) is 6.37. The van der Waals surface area contributed by atoms with Gasteiger partial charge in [-0.1, -0.05) is 6.07 Å². The lowest BCUT2D eigenvalue weighted by Gasteiger charge is -2.21. The van der Waals surface area contributed by atoms with E-state index < -0.39 is 15.8 Å². The molecule has 0 aromatic heterocycles. The number of hydrogen-bond acceptors (Lipinski definition) is 3. The van der Waals surface area contributed by atoms with Crippen LogP contribution in [0.1, 0.15) is 18.4 Å². The van der Waals surface area contributed by atoms with E-state index in [1.165, 1.54) is 19.2 Å². The largest absolute Gasteiger partial charge is 0.377 e. The maximum absolute atomic E-state index is 13.8. The van der Waals surface area contributed by atoms with Crippen molar-refractivity contribution in [3.05, 3.63) is 29.6 Å². The first-order valence-corrected chi connectivity index (χ1v) is 8.35. The van der Waals surface area contributed by atoms with Gasteiger partial charge < -0.3 is 4.74 Å². The highest BCUT2D eigenvalue weighted by molar-refractivity contribution is 7.89. The maximum Gasteiger partial charge on any atom is 0.245 e. The van der Waals surface area contributed by atoms with E-state index in [9.17, 15) is 12.8 Å². The minimum atomic E-state index is -3.87. The van der Waals surface area contributed by atoms with E-state index in [1.807, 2.05) is 0 Å². The van der Waals surface area contributed by atoms with Gasteiger partial charge in [-0.05, 0) is 30.5 Å². The molecule has 1 saturated heterocycles. The Balaban J connectivity index is 2.24. The third-order valence-corrected chi connectivity index (χ3v) is 5.47. The number of halogens is 2. The molecule has 1 fully saturated rings. The van der Waals surface area contributed by atoms with Crippen LogP contribution in [0.15, 0.2) is 23.1 Å². The molecule has 1 aliphatic rings. The third kappa shape index (κ3) is 3.31. The molecular formula is C13H17ClFNO3S. The average molecular weight is 322 g/mol. The predicted octanol–water partition coefficient (Wildman–Crippen LogP) is 2.36. The van der Waals surface area contributed by atoms with Crippen LogP contribution >= 0.6 is 11.6 Å². The number of benzene rings is 1. The second-order valence-corrected chi connectivity index (χ2v) is 7.10. The molecule has 0 aliphatic carbocycles. The Bertz CT molecular complexity index is 573. The van der Waals surface area contributed by atoms with Gasteiger partial charge in [-0.25, -0.2) is 12.8 Å². The number of likely N-dealkylation sites (N-methyl/N-ethyl adjacent to an activating group) is 1. The maximum atomic E-state index is 13.8. The van der Waals surface area contributed by atoms with Crippen LogP contribution in [0, 0.1) is 5.82 Å². The van der Waals surface area contributed by atoms with Gasteiger partial charge in [0.15, 0.2) is 0 Å². The number of hydrogen-bond donors (Lipinski definition) is 0. The number of nitrogens with zero attached hydrogens (tertiary/aromatic N) is 1. The average Bonchev–Trinajstić information content (AvgIpc) is 2.92. The van der Waals surface area contributed by atoms with Crippen molar-refractivity contribution in [3.8, 4) is 0 Å². The van der Waals surface area contributed by atoms with Gasteiger partial charge >= 0.3 is 0 Å². The minimum absolute atomic E-state index is 0.117. The smallest absolute Gasteiger partial charge is 0.245 e. The molecule has 1 heterocycles. The quantitative estimate of drug-likeness (QED) is 0.782. The zero-order valence-electron chi connectivity index (χ0n) is 11.2. The van der Waals surface area contributed by atoms with Crippen molar-refractivity contribution in [1.29, 1.82) is 0 Å². The van der Waals surface area contributed by atoms with Crippen LogP contribution in [-0.4, -0.2) is 39.0 Å². The Kier molecular flexibility index (Phi) is 5.01. The molecule has 7 heteroatoms. The van der Waals surface area contributed by atoms with E-state index in [2.05, 4.69) is 0 Å².